The minimum absolute atomic E-state index is 0.151. The molecule has 6 heteroatoms. The normalized spacial score (nSPS) is 9.88. The van der Waals surface area contributed by atoms with Crippen molar-refractivity contribution in [1.82, 2.24) is 4.98 Å². The van der Waals surface area contributed by atoms with E-state index in [1.54, 1.807) is 12.1 Å². The van der Waals surface area contributed by atoms with Gasteiger partial charge in [-0.05, 0) is 18.2 Å². The molecule has 0 amide bonds. The van der Waals surface area contributed by atoms with Gasteiger partial charge in [0.1, 0.15) is 9.88 Å². The maximum atomic E-state index is 10.7. The van der Waals surface area contributed by atoms with E-state index in [0.717, 1.165) is 11.3 Å². The number of carbonyl (C=O) groups is 1. The quantitative estimate of drug-likeness (QED) is 0.905. The first-order valence-electron chi connectivity index (χ1n) is 4.50. The molecular formula is C11H5ClN2O2S. The number of halogens is 1. The Bertz CT molecular complexity index is 631. The number of thiazole rings is 1. The number of aromatic nitrogens is 1. The molecule has 0 saturated heterocycles. The van der Waals surface area contributed by atoms with Crippen LogP contribution in [-0.4, -0.2) is 16.1 Å². The van der Waals surface area contributed by atoms with E-state index < -0.39 is 5.97 Å². The lowest BCUT2D eigenvalue weighted by Crippen LogP contribution is -1.89. The summed E-state index contributed by atoms with van der Waals surface area (Å²) < 4.78 is 0. The lowest BCUT2D eigenvalue weighted by atomic mass is 10.1. The topological polar surface area (TPSA) is 74.0 Å². The van der Waals surface area contributed by atoms with E-state index in [0.29, 0.717) is 21.2 Å². The largest absolute Gasteiger partial charge is 0.477 e. The van der Waals surface area contributed by atoms with Crippen LogP contribution in [0.15, 0.2) is 24.4 Å². The first kappa shape index (κ1) is 11.6. The number of aromatic carboxylic acids is 1. The van der Waals surface area contributed by atoms with Gasteiger partial charge in [-0.1, -0.05) is 11.6 Å². The Morgan fingerprint density at radius 1 is 1.47 bits per heavy atom. The Morgan fingerprint density at radius 3 is 2.82 bits per heavy atom. The van der Waals surface area contributed by atoms with Gasteiger partial charge in [-0.15, -0.1) is 11.3 Å². The molecule has 0 unspecified atom stereocenters. The Labute approximate surface area is 106 Å². The maximum Gasteiger partial charge on any atom is 0.347 e. The molecule has 17 heavy (non-hydrogen) atoms. The highest BCUT2D eigenvalue weighted by Gasteiger charge is 2.11. The van der Waals surface area contributed by atoms with Gasteiger partial charge in [0.25, 0.3) is 0 Å². The number of hydrogen-bond acceptors (Lipinski definition) is 4. The highest BCUT2D eigenvalue weighted by Crippen LogP contribution is 2.28. The number of nitriles is 1. The van der Waals surface area contributed by atoms with Crippen LogP contribution in [0.3, 0.4) is 0 Å². The summed E-state index contributed by atoms with van der Waals surface area (Å²) in [6.45, 7) is 0. The van der Waals surface area contributed by atoms with Gasteiger partial charge in [-0.25, -0.2) is 9.78 Å². The minimum atomic E-state index is -1.02. The highest BCUT2D eigenvalue weighted by molar-refractivity contribution is 7.16. The molecular weight excluding hydrogens is 260 g/mol. The van der Waals surface area contributed by atoms with Crippen LogP contribution in [0.2, 0.25) is 5.02 Å². The second-order valence-corrected chi connectivity index (χ2v) is 4.64. The number of rotatable bonds is 2. The van der Waals surface area contributed by atoms with Crippen LogP contribution in [0, 0.1) is 11.3 Å². The molecule has 0 fully saturated rings. The van der Waals surface area contributed by atoms with Crippen LogP contribution in [0.5, 0.6) is 0 Å². The van der Waals surface area contributed by atoms with E-state index in [9.17, 15) is 4.79 Å². The predicted molar refractivity (Wildman–Crippen MR) is 64.2 cm³/mol. The molecule has 2 aromatic rings. The van der Waals surface area contributed by atoms with Gasteiger partial charge < -0.3 is 5.11 Å². The van der Waals surface area contributed by atoms with E-state index in [2.05, 4.69) is 4.98 Å². The number of carboxylic acids is 1. The standard InChI is InChI=1S/C11H5ClN2O2S/c12-8-2-6(4-13)1-7(3-8)10-14-5-9(17-10)11(15)16/h1-3,5H,(H,15,16). The van der Waals surface area contributed by atoms with E-state index in [4.69, 9.17) is 22.0 Å². The smallest absolute Gasteiger partial charge is 0.347 e. The molecule has 0 aliphatic carbocycles. The fraction of sp³-hybridized carbons (Fsp3) is 0. The molecule has 1 N–H and O–H groups in total. The van der Waals surface area contributed by atoms with Crippen molar-refractivity contribution in [3.05, 3.63) is 39.9 Å². The highest BCUT2D eigenvalue weighted by atomic mass is 35.5. The van der Waals surface area contributed by atoms with Gasteiger partial charge in [0.2, 0.25) is 0 Å². The fourth-order valence-corrected chi connectivity index (χ4v) is 2.26. The molecule has 1 heterocycles. The second kappa shape index (κ2) is 4.53. The van der Waals surface area contributed by atoms with Crippen LogP contribution in [0.25, 0.3) is 10.6 Å². The monoisotopic (exact) mass is 264 g/mol. The van der Waals surface area contributed by atoms with Crippen molar-refractivity contribution in [1.29, 1.82) is 5.26 Å². The van der Waals surface area contributed by atoms with Gasteiger partial charge in [-0.3, -0.25) is 0 Å². The summed E-state index contributed by atoms with van der Waals surface area (Å²) in [5, 5.41) is 18.6. The van der Waals surface area contributed by atoms with Gasteiger partial charge in [0, 0.05) is 10.6 Å². The van der Waals surface area contributed by atoms with Crippen molar-refractivity contribution in [2.45, 2.75) is 0 Å². The fourth-order valence-electron chi connectivity index (χ4n) is 1.28. The number of carboxylic acid groups (broad SMARTS) is 1. The zero-order chi connectivity index (χ0) is 12.4. The Balaban J connectivity index is 2.49. The molecule has 0 aliphatic rings. The molecule has 1 aromatic carbocycles. The molecule has 84 valence electrons. The van der Waals surface area contributed by atoms with E-state index >= 15 is 0 Å². The van der Waals surface area contributed by atoms with Crippen LogP contribution in [0.1, 0.15) is 15.2 Å². The first-order valence-corrected chi connectivity index (χ1v) is 5.70. The Morgan fingerprint density at radius 2 is 2.24 bits per heavy atom. The van der Waals surface area contributed by atoms with Crippen molar-refractivity contribution < 1.29 is 9.90 Å². The lowest BCUT2D eigenvalue weighted by molar-refractivity contribution is 0.0702. The average molecular weight is 265 g/mol. The van der Waals surface area contributed by atoms with Crippen molar-refractivity contribution in [3.8, 4) is 16.6 Å². The molecule has 0 bridgehead atoms. The summed E-state index contributed by atoms with van der Waals surface area (Å²) in [6, 6.07) is 6.79. The van der Waals surface area contributed by atoms with Crippen LogP contribution in [-0.2, 0) is 0 Å². The SMILES string of the molecule is N#Cc1cc(Cl)cc(-c2ncc(C(=O)O)s2)c1. The third kappa shape index (κ3) is 2.44. The molecule has 1 aromatic heterocycles. The molecule has 0 aliphatic heterocycles. The average Bonchev–Trinajstić information content (AvgIpc) is 2.77. The van der Waals surface area contributed by atoms with Crippen molar-refractivity contribution in [3.63, 3.8) is 0 Å². The van der Waals surface area contributed by atoms with Crippen LogP contribution in [0.4, 0.5) is 0 Å². The van der Waals surface area contributed by atoms with Gasteiger partial charge in [0.15, 0.2) is 0 Å². The first-order chi connectivity index (χ1) is 8.10. The lowest BCUT2D eigenvalue weighted by Gasteiger charge is -1.98. The third-order valence-corrected chi connectivity index (χ3v) is 3.24. The summed E-state index contributed by atoms with van der Waals surface area (Å²) in [6.07, 6.45) is 1.29. The maximum absolute atomic E-state index is 10.7. The van der Waals surface area contributed by atoms with Gasteiger partial charge >= 0.3 is 5.97 Å². The summed E-state index contributed by atoms with van der Waals surface area (Å²) >= 11 is 6.90. The van der Waals surface area contributed by atoms with Crippen molar-refractivity contribution in [2.75, 3.05) is 0 Å². The van der Waals surface area contributed by atoms with E-state index in [1.165, 1.54) is 12.3 Å². The van der Waals surface area contributed by atoms with Crippen LogP contribution < -0.4 is 0 Å². The molecule has 0 atom stereocenters. The van der Waals surface area contributed by atoms with Crippen molar-refractivity contribution >= 4 is 28.9 Å². The van der Waals surface area contributed by atoms with E-state index in [1.807, 2.05) is 6.07 Å². The zero-order valence-corrected chi connectivity index (χ0v) is 9.92. The summed E-state index contributed by atoms with van der Waals surface area (Å²) in [5.74, 6) is -1.02. The minimum Gasteiger partial charge on any atom is -0.477 e. The number of benzene rings is 1. The van der Waals surface area contributed by atoms with Crippen molar-refractivity contribution in [2.24, 2.45) is 0 Å². The van der Waals surface area contributed by atoms with Crippen LogP contribution >= 0.6 is 22.9 Å². The Kier molecular flexibility index (Phi) is 3.09. The van der Waals surface area contributed by atoms with Gasteiger partial charge in [-0.2, -0.15) is 5.26 Å². The predicted octanol–water partition coefficient (Wildman–Crippen LogP) is 3.03. The number of hydrogen-bond donors (Lipinski definition) is 1. The molecule has 0 saturated carbocycles. The molecule has 0 radical (unpaired) electrons. The summed E-state index contributed by atoms with van der Waals surface area (Å²) in [5.41, 5.74) is 1.06. The molecule has 0 spiro atoms. The molecule has 4 nitrogen and oxygen atoms in total. The number of nitrogens with zero attached hydrogens (tertiary/aromatic N) is 2. The summed E-state index contributed by atoms with van der Waals surface area (Å²) in [7, 11) is 0. The summed E-state index contributed by atoms with van der Waals surface area (Å²) in [4.78, 5) is 14.9. The zero-order valence-electron chi connectivity index (χ0n) is 8.35. The van der Waals surface area contributed by atoms with Gasteiger partial charge in [0.05, 0.1) is 17.8 Å². The Hall–Kier alpha value is -1.90. The molecule has 2 rings (SSSR count). The second-order valence-electron chi connectivity index (χ2n) is 3.18. The van der Waals surface area contributed by atoms with E-state index in [-0.39, 0.29) is 4.88 Å². The third-order valence-electron chi connectivity index (χ3n) is 1.99.